The Bertz CT molecular complexity index is 831. The zero-order valence-electron chi connectivity index (χ0n) is 11.6. The molecule has 2 aromatic carbocycles. The maximum Gasteiger partial charge on any atom is 0.161 e. The van der Waals surface area contributed by atoms with E-state index in [4.69, 9.17) is 0 Å². The lowest BCUT2D eigenvalue weighted by atomic mass is 10.1. The van der Waals surface area contributed by atoms with Gasteiger partial charge in [-0.3, -0.25) is 4.79 Å². The average Bonchev–Trinajstić information content (AvgIpc) is 2.88. The van der Waals surface area contributed by atoms with Crippen molar-refractivity contribution >= 4 is 43.3 Å². The lowest BCUT2D eigenvalue weighted by Gasteiger charge is -2.04. The predicted molar refractivity (Wildman–Crippen MR) is 91.5 cm³/mol. The fourth-order valence-electron chi connectivity index (χ4n) is 2.39. The van der Waals surface area contributed by atoms with Crippen molar-refractivity contribution in [3.05, 3.63) is 71.9 Å². The molecule has 0 fully saturated rings. The minimum Gasteiger partial charge on any atom is -0.310 e. The Morgan fingerprint density at radius 2 is 1.71 bits per heavy atom. The Morgan fingerprint density at radius 3 is 2.43 bits per heavy atom. The number of rotatable bonds is 3. The average molecular weight is 340 g/mol. The van der Waals surface area contributed by atoms with Gasteiger partial charge in [-0.2, -0.15) is 0 Å². The molecule has 0 aliphatic heterocycles. The third-order valence-corrected chi connectivity index (χ3v) is 4.02. The molecule has 2 nitrogen and oxygen atoms in total. The molecule has 0 aliphatic carbocycles. The van der Waals surface area contributed by atoms with Gasteiger partial charge in [0.25, 0.3) is 0 Å². The molecular formula is C18H14BrNO. The number of hydrogen-bond acceptors (Lipinski definition) is 1. The van der Waals surface area contributed by atoms with Gasteiger partial charge in [0.1, 0.15) is 0 Å². The molecule has 21 heavy (non-hydrogen) atoms. The molecule has 0 unspecified atom stereocenters. The van der Waals surface area contributed by atoms with Gasteiger partial charge in [0.05, 0.1) is 10.1 Å². The largest absolute Gasteiger partial charge is 0.310 e. The summed E-state index contributed by atoms with van der Waals surface area (Å²) in [4.78, 5) is 11.8. The summed E-state index contributed by atoms with van der Waals surface area (Å²) in [5, 5.41) is 0.975. The van der Waals surface area contributed by atoms with E-state index in [2.05, 4.69) is 15.9 Å². The van der Waals surface area contributed by atoms with Crippen LogP contribution in [0.25, 0.3) is 21.6 Å². The Balaban J connectivity index is 2.17. The molecule has 0 saturated carbocycles. The van der Waals surface area contributed by atoms with Crippen LogP contribution in [0.2, 0.25) is 0 Å². The summed E-state index contributed by atoms with van der Waals surface area (Å²) in [6.07, 6.45) is 3.92. The standard InChI is InChI=1S/C18H14BrNO/c1-13(21)16-12-20(17-10-6-5-9-15(16)17)18(19)11-14-7-3-2-4-8-14/h2-12H,1H3/b18-11-. The molecule has 0 radical (unpaired) electrons. The fourth-order valence-corrected chi connectivity index (χ4v) is 2.95. The van der Waals surface area contributed by atoms with Crippen LogP contribution in [0.15, 0.2) is 60.8 Å². The van der Waals surface area contributed by atoms with Gasteiger partial charge in [0.15, 0.2) is 5.78 Å². The summed E-state index contributed by atoms with van der Waals surface area (Å²) in [5.41, 5.74) is 2.86. The van der Waals surface area contributed by atoms with E-state index in [1.165, 1.54) is 0 Å². The van der Waals surface area contributed by atoms with E-state index >= 15 is 0 Å². The molecule has 0 N–H and O–H groups in total. The van der Waals surface area contributed by atoms with Crippen LogP contribution < -0.4 is 0 Å². The van der Waals surface area contributed by atoms with E-state index in [0.29, 0.717) is 0 Å². The molecule has 104 valence electrons. The zero-order valence-corrected chi connectivity index (χ0v) is 13.2. The SMILES string of the molecule is CC(=O)c1cn(/C(Br)=C\c2ccccc2)c2ccccc12. The number of aromatic nitrogens is 1. The summed E-state index contributed by atoms with van der Waals surface area (Å²) in [7, 11) is 0. The van der Waals surface area contributed by atoms with E-state index in [0.717, 1.165) is 26.6 Å². The van der Waals surface area contributed by atoms with Gasteiger partial charge in [-0.25, -0.2) is 0 Å². The highest BCUT2D eigenvalue weighted by Crippen LogP contribution is 2.28. The summed E-state index contributed by atoms with van der Waals surface area (Å²) in [6, 6.07) is 18.0. The highest BCUT2D eigenvalue weighted by molar-refractivity contribution is 9.15. The number of Topliss-reactive ketones (excluding diaryl/α,β-unsaturated/α-hetero) is 1. The Labute approximate surface area is 131 Å². The number of benzene rings is 2. The molecule has 1 heterocycles. The maximum atomic E-state index is 11.8. The molecular weight excluding hydrogens is 326 g/mol. The lowest BCUT2D eigenvalue weighted by molar-refractivity contribution is 0.101. The number of halogens is 1. The highest BCUT2D eigenvalue weighted by atomic mass is 79.9. The van der Waals surface area contributed by atoms with Gasteiger partial charge in [-0.15, -0.1) is 0 Å². The minimum atomic E-state index is 0.0740. The van der Waals surface area contributed by atoms with Crippen molar-refractivity contribution in [3.63, 3.8) is 0 Å². The van der Waals surface area contributed by atoms with E-state index in [1.807, 2.05) is 71.4 Å². The smallest absolute Gasteiger partial charge is 0.161 e. The van der Waals surface area contributed by atoms with E-state index < -0.39 is 0 Å². The second-order valence-electron chi connectivity index (χ2n) is 4.86. The van der Waals surface area contributed by atoms with Crippen molar-refractivity contribution in [1.29, 1.82) is 0 Å². The highest BCUT2D eigenvalue weighted by Gasteiger charge is 2.12. The van der Waals surface area contributed by atoms with E-state index in [-0.39, 0.29) is 5.78 Å². The first kappa shape index (κ1) is 13.8. The number of carbonyl (C=O) groups excluding carboxylic acids is 1. The summed E-state index contributed by atoms with van der Waals surface area (Å²) < 4.78 is 2.90. The molecule has 3 heteroatoms. The molecule has 0 bridgehead atoms. The van der Waals surface area contributed by atoms with Crippen molar-refractivity contribution < 1.29 is 4.79 Å². The minimum absolute atomic E-state index is 0.0740. The number of nitrogens with zero attached hydrogens (tertiary/aromatic N) is 1. The Kier molecular flexibility index (Phi) is 3.76. The van der Waals surface area contributed by atoms with E-state index in [1.54, 1.807) is 6.92 Å². The molecule has 0 amide bonds. The maximum absolute atomic E-state index is 11.8. The first-order chi connectivity index (χ1) is 10.2. The summed E-state index contributed by atoms with van der Waals surface area (Å²) >= 11 is 3.62. The van der Waals surface area contributed by atoms with Crippen molar-refractivity contribution in [2.24, 2.45) is 0 Å². The van der Waals surface area contributed by atoms with Gasteiger partial charge >= 0.3 is 0 Å². The number of carbonyl (C=O) groups is 1. The lowest BCUT2D eigenvalue weighted by Crippen LogP contribution is -1.90. The van der Waals surface area contributed by atoms with Crippen LogP contribution in [0.1, 0.15) is 22.8 Å². The molecule has 0 aliphatic rings. The van der Waals surface area contributed by atoms with Crippen molar-refractivity contribution in [1.82, 2.24) is 4.57 Å². The van der Waals surface area contributed by atoms with Gasteiger partial charge < -0.3 is 4.57 Å². The van der Waals surface area contributed by atoms with Gasteiger partial charge in [0, 0.05) is 17.1 Å². The van der Waals surface area contributed by atoms with Crippen molar-refractivity contribution in [3.8, 4) is 0 Å². The van der Waals surface area contributed by atoms with Crippen LogP contribution >= 0.6 is 15.9 Å². The summed E-state index contributed by atoms with van der Waals surface area (Å²) in [5.74, 6) is 0.0740. The van der Waals surface area contributed by atoms with Crippen LogP contribution in [0.3, 0.4) is 0 Å². The molecule has 3 rings (SSSR count). The number of ketones is 1. The van der Waals surface area contributed by atoms with Crippen LogP contribution in [-0.4, -0.2) is 10.4 Å². The number of hydrogen-bond donors (Lipinski definition) is 0. The molecule has 0 spiro atoms. The van der Waals surface area contributed by atoms with Crippen molar-refractivity contribution in [2.45, 2.75) is 6.92 Å². The quantitative estimate of drug-likeness (QED) is 0.601. The summed E-state index contributed by atoms with van der Waals surface area (Å²) in [6.45, 7) is 1.60. The fraction of sp³-hybridized carbons (Fsp3) is 0.0556. The van der Waals surface area contributed by atoms with E-state index in [9.17, 15) is 4.79 Å². The monoisotopic (exact) mass is 339 g/mol. The first-order valence-electron chi connectivity index (χ1n) is 6.70. The van der Waals surface area contributed by atoms with Crippen LogP contribution in [-0.2, 0) is 0 Å². The van der Waals surface area contributed by atoms with Crippen LogP contribution in [0, 0.1) is 0 Å². The molecule has 0 atom stereocenters. The molecule has 0 saturated heterocycles. The van der Waals surface area contributed by atoms with Gasteiger partial charge in [-0.1, -0.05) is 48.5 Å². The third-order valence-electron chi connectivity index (χ3n) is 3.41. The predicted octanol–water partition coefficient (Wildman–Crippen LogP) is 5.19. The second kappa shape index (κ2) is 5.70. The van der Waals surface area contributed by atoms with Crippen LogP contribution in [0.5, 0.6) is 0 Å². The third kappa shape index (κ3) is 2.69. The second-order valence-corrected chi connectivity index (χ2v) is 5.68. The van der Waals surface area contributed by atoms with Gasteiger partial charge in [0.2, 0.25) is 0 Å². The normalized spacial score (nSPS) is 11.8. The molecule has 1 aromatic heterocycles. The topological polar surface area (TPSA) is 22.0 Å². The number of para-hydroxylation sites is 1. The molecule has 3 aromatic rings. The van der Waals surface area contributed by atoms with Crippen LogP contribution in [0.4, 0.5) is 0 Å². The Morgan fingerprint density at radius 1 is 1.05 bits per heavy atom. The Hall–Kier alpha value is -2.13. The zero-order chi connectivity index (χ0) is 14.8. The van der Waals surface area contributed by atoms with Crippen molar-refractivity contribution in [2.75, 3.05) is 0 Å². The first-order valence-corrected chi connectivity index (χ1v) is 7.50. The van der Waals surface area contributed by atoms with Gasteiger partial charge in [-0.05, 0) is 40.6 Å². The number of fused-ring (bicyclic) bond motifs is 1.